The van der Waals surface area contributed by atoms with E-state index >= 15 is 0 Å². The van der Waals surface area contributed by atoms with Crippen molar-refractivity contribution in [2.24, 2.45) is 5.92 Å². The van der Waals surface area contributed by atoms with E-state index in [0.29, 0.717) is 5.57 Å². The molecule has 0 aromatic carbocycles. The van der Waals surface area contributed by atoms with Crippen LogP contribution in [-0.4, -0.2) is 54.8 Å². The summed E-state index contributed by atoms with van der Waals surface area (Å²) in [6.07, 6.45) is 4.22. The molecule has 1 amide bonds. The van der Waals surface area contributed by atoms with Crippen molar-refractivity contribution < 1.29 is 28.6 Å². The van der Waals surface area contributed by atoms with Crippen molar-refractivity contribution in [1.29, 1.82) is 0 Å². The van der Waals surface area contributed by atoms with Gasteiger partial charge >= 0.3 is 18.0 Å². The summed E-state index contributed by atoms with van der Waals surface area (Å²) >= 11 is 0. The quantitative estimate of drug-likeness (QED) is 0.331. The minimum absolute atomic E-state index is 0.474. The van der Waals surface area contributed by atoms with Crippen LogP contribution in [-0.2, 0) is 23.8 Å². The van der Waals surface area contributed by atoms with Gasteiger partial charge in [0, 0.05) is 6.08 Å². The predicted molar refractivity (Wildman–Crippen MR) is 80.4 cm³/mol. The Balaban J connectivity index is 2.36. The first-order valence-corrected chi connectivity index (χ1v) is 7.26. The molecule has 0 aromatic heterocycles. The molecule has 3 unspecified atom stereocenters. The fourth-order valence-corrected chi connectivity index (χ4v) is 2.84. The van der Waals surface area contributed by atoms with Crippen molar-refractivity contribution in [1.82, 2.24) is 4.90 Å². The molecule has 126 valence electrons. The number of amides is 1. The number of hydrogen-bond donors (Lipinski definition) is 0. The molecule has 0 radical (unpaired) electrons. The first-order valence-electron chi connectivity index (χ1n) is 7.26. The van der Waals surface area contributed by atoms with E-state index in [0.717, 1.165) is 0 Å². The summed E-state index contributed by atoms with van der Waals surface area (Å²) in [4.78, 5) is 37.6. The number of carbonyl (C=O) groups excluding carboxylic acids is 3. The second-order valence-electron chi connectivity index (χ2n) is 6.38. The maximum absolute atomic E-state index is 12.4. The van der Waals surface area contributed by atoms with Crippen LogP contribution in [0.3, 0.4) is 0 Å². The number of fused-ring (bicyclic) bond motifs is 2. The van der Waals surface area contributed by atoms with Crippen molar-refractivity contribution in [3.63, 3.8) is 0 Å². The van der Waals surface area contributed by atoms with Gasteiger partial charge < -0.3 is 14.2 Å². The van der Waals surface area contributed by atoms with Crippen LogP contribution in [0.15, 0.2) is 23.8 Å². The summed E-state index contributed by atoms with van der Waals surface area (Å²) in [5, 5.41) is 0. The molecule has 1 fully saturated rings. The molecule has 3 atom stereocenters. The third kappa shape index (κ3) is 3.23. The van der Waals surface area contributed by atoms with Gasteiger partial charge in [0.15, 0.2) is 0 Å². The molecule has 0 N–H and O–H groups in total. The molecule has 2 rings (SSSR count). The van der Waals surface area contributed by atoms with Gasteiger partial charge in [-0.25, -0.2) is 9.59 Å². The lowest BCUT2D eigenvalue weighted by atomic mass is 9.88. The van der Waals surface area contributed by atoms with E-state index in [1.54, 1.807) is 32.9 Å². The molecule has 2 aliphatic heterocycles. The highest BCUT2D eigenvalue weighted by molar-refractivity contribution is 5.89. The summed E-state index contributed by atoms with van der Waals surface area (Å²) < 4.78 is 14.8. The Bertz CT molecular complexity index is 586. The minimum atomic E-state index is -0.735. The second-order valence-corrected chi connectivity index (χ2v) is 6.38. The zero-order valence-corrected chi connectivity index (χ0v) is 13.9. The summed E-state index contributed by atoms with van der Waals surface area (Å²) in [5.74, 6) is -1.83. The van der Waals surface area contributed by atoms with Crippen molar-refractivity contribution in [2.75, 3.05) is 14.2 Å². The minimum Gasteiger partial charge on any atom is -0.468 e. The summed E-state index contributed by atoms with van der Waals surface area (Å²) in [5.41, 5.74) is -0.186. The number of nitrogens with zero attached hydrogens (tertiary/aromatic N) is 1. The van der Waals surface area contributed by atoms with Crippen LogP contribution >= 0.6 is 0 Å². The molecule has 7 heteroatoms. The van der Waals surface area contributed by atoms with E-state index < -0.39 is 41.6 Å². The average Bonchev–Trinajstić information content (AvgIpc) is 3.00. The van der Waals surface area contributed by atoms with Gasteiger partial charge in [0.05, 0.1) is 26.3 Å². The molecule has 0 aliphatic carbocycles. The smallest absolute Gasteiger partial charge is 0.411 e. The average molecular weight is 323 g/mol. The lowest BCUT2D eigenvalue weighted by molar-refractivity contribution is -0.144. The Labute approximate surface area is 134 Å². The highest BCUT2D eigenvalue weighted by Gasteiger charge is 2.53. The zero-order chi connectivity index (χ0) is 17.4. The Hall–Kier alpha value is -2.31. The zero-order valence-electron chi connectivity index (χ0n) is 13.9. The third-order valence-electron chi connectivity index (χ3n) is 3.70. The number of ether oxygens (including phenoxy) is 3. The van der Waals surface area contributed by atoms with Crippen molar-refractivity contribution in [2.45, 2.75) is 38.5 Å². The topological polar surface area (TPSA) is 82.1 Å². The molecule has 2 aliphatic rings. The van der Waals surface area contributed by atoms with Crippen LogP contribution in [0.1, 0.15) is 20.8 Å². The molecule has 23 heavy (non-hydrogen) atoms. The lowest BCUT2D eigenvalue weighted by Gasteiger charge is -2.27. The number of methoxy groups -OCH3 is 2. The van der Waals surface area contributed by atoms with Crippen LogP contribution in [0, 0.1) is 5.92 Å². The standard InChI is InChI=1S/C16H21NO6/c1-16(2,3)23-15(20)17-10-6-7-11(17)13(14(19)22-5)9(10)8-12(18)21-4/h6-8,10-11,13H,1-5H3/b9-8-. The molecular weight excluding hydrogens is 302 g/mol. The van der Waals surface area contributed by atoms with E-state index in [4.69, 9.17) is 9.47 Å². The monoisotopic (exact) mass is 323 g/mol. The van der Waals surface area contributed by atoms with Gasteiger partial charge in [-0.05, 0) is 26.3 Å². The number of hydrogen-bond acceptors (Lipinski definition) is 6. The summed E-state index contributed by atoms with van der Waals surface area (Å²) in [6, 6.07) is -1.05. The normalized spacial score (nSPS) is 27.3. The van der Waals surface area contributed by atoms with Gasteiger partial charge in [-0.3, -0.25) is 9.69 Å². The van der Waals surface area contributed by atoms with E-state index in [9.17, 15) is 14.4 Å². The lowest BCUT2D eigenvalue weighted by Crippen LogP contribution is -2.42. The largest absolute Gasteiger partial charge is 0.468 e. The van der Waals surface area contributed by atoms with Crippen LogP contribution in [0.2, 0.25) is 0 Å². The van der Waals surface area contributed by atoms with E-state index in [1.165, 1.54) is 25.2 Å². The molecular formula is C16H21NO6. The molecule has 2 bridgehead atoms. The van der Waals surface area contributed by atoms with Gasteiger partial charge in [-0.2, -0.15) is 0 Å². The van der Waals surface area contributed by atoms with Crippen LogP contribution in [0.25, 0.3) is 0 Å². The summed E-state index contributed by atoms with van der Waals surface area (Å²) in [7, 11) is 2.52. The van der Waals surface area contributed by atoms with Crippen molar-refractivity contribution in [3.8, 4) is 0 Å². The molecule has 0 aromatic rings. The first-order chi connectivity index (χ1) is 10.7. The Kier molecular flexibility index (Phi) is 4.49. The third-order valence-corrected chi connectivity index (χ3v) is 3.70. The highest BCUT2D eigenvalue weighted by atomic mass is 16.6. The number of esters is 2. The highest BCUT2D eigenvalue weighted by Crippen LogP contribution is 2.42. The maximum atomic E-state index is 12.4. The molecule has 0 spiro atoms. The van der Waals surface area contributed by atoms with Crippen LogP contribution in [0.5, 0.6) is 0 Å². The van der Waals surface area contributed by atoms with Gasteiger partial charge in [-0.1, -0.05) is 12.2 Å². The van der Waals surface area contributed by atoms with Crippen LogP contribution in [0.4, 0.5) is 4.79 Å². The fraction of sp³-hybridized carbons (Fsp3) is 0.562. The SMILES string of the molecule is COC(=O)/C=C1\C(C(=O)OC)C2C=CC1N2C(=O)OC(C)(C)C. The Morgan fingerprint density at radius 3 is 2.30 bits per heavy atom. The van der Waals surface area contributed by atoms with Crippen LogP contribution < -0.4 is 0 Å². The summed E-state index contributed by atoms with van der Waals surface area (Å²) in [6.45, 7) is 5.29. The number of carbonyl (C=O) groups is 3. The predicted octanol–water partition coefficient (Wildman–Crippen LogP) is 1.43. The first kappa shape index (κ1) is 17.1. The van der Waals surface area contributed by atoms with Gasteiger partial charge in [0.25, 0.3) is 0 Å². The van der Waals surface area contributed by atoms with E-state index in [1.807, 2.05) is 0 Å². The number of rotatable bonds is 2. The molecule has 2 heterocycles. The van der Waals surface area contributed by atoms with Gasteiger partial charge in [0.1, 0.15) is 11.5 Å². The second kappa shape index (κ2) is 6.06. The molecule has 0 saturated carbocycles. The Morgan fingerprint density at radius 2 is 1.78 bits per heavy atom. The van der Waals surface area contributed by atoms with E-state index in [-0.39, 0.29) is 0 Å². The maximum Gasteiger partial charge on any atom is 0.411 e. The van der Waals surface area contributed by atoms with E-state index in [2.05, 4.69) is 4.74 Å². The van der Waals surface area contributed by atoms with Gasteiger partial charge in [0.2, 0.25) is 0 Å². The Morgan fingerprint density at radius 1 is 1.13 bits per heavy atom. The van der Waals surface area contributed by atoms with Crippen molar-refractivity contribution >= 4 is 18.0 Å². The fourth-order valence-electron chi connectivity index (χ4n) is 2.84. The van der Waals surface area contributed by atoms with Crippen molar-refractivity contribution in [3.05, 3.63) is 23.8 Å². The molecule has 1 saturated heterocycles. The van der Waals surface area contributed by atoms with Gasteiger partial charge in [-0.15, -0.1) is 0 Å². The molecule has 7 nitrogen and oxygen atoms in total.